The Morgan fingerprint density at radius 3 is 2.59 bits per heavy atom. The van der Waals surface area contributed by atoms with E-state index in [1.54, 1.807) is 0 Å². The molecule has 0 saturated heterocycles. The fourth-order valence-electron chi connectivity index (χ4n) is 2.55. The lowest BCUT2D eigenvalue weighted by Gasteiger charge is -2.09. The van der Waals surface area contributed by atoms with Crippen LogP contribution >= 0.6 is 0 Å². The lowest BCUT2D eigenvalue weighted by molar-refractivity contribution is -0.143. The topological polar surface area (TPSA) is 44.1 Å². The van der Waals surface area contributed by atoms with Gasteiger partial charge in [-0.3, -0.25) is 4.79 Å². The van der Waals surface area contributed by atoms with Crippen molar-refractivity contribution in [3.8, 4) is 0 Å². The van der Waals surface area contributed by atoms with Crippen molar-refractivity contribution in [3.05, 3.63) is 66.0 Å². The van der Waals surface area contributed by atoms with Gasteiger partial charge in [0.1, 0.15) is 12.4 Å². The minimum atomic E-state index is -0.236. The maximum absolute atomic E-state index is 11.9. The van der Waals surface area contributed by atoms with Gasteiger partial charge in [-0.2, -0.15) is 0 Å². The first-order valence-corrected chi connectivity index (χ1v) is 7.41. The van der Waals surface area contributed by atoms with Gasteiger partial charge in [0.15, 0.2) is 0 Å². The third-order valence-corrected chi connectivity index (χ3v) is 3.53. The number of esters is 1. The van der Waals surface area contributed by atoms with E-state index in [2.05, 4.69) is 17.1 Å². The van der Waals surface area contributed by atoms with E-state index in [1.165, 1.54) is 5.56 Å². The smallest absolute Gasteiger partial charge is 0.326 e. The fraction of sp³-hybridized carbons (Fsp3) is 0.222. The van der Waals surface area contributed by atoms with E-state index >= 15 is 0 Å². The number of aromatic nitrogens is 2. The number of ether oxygens (including phenoxy) is 1. The minimum Gasteiger partial charge on any atom is -0.465 e. The lowest BCUT2D eigenvalue weighted by atomic mass is 10.1. The van der Waals surface area contributed by atoms with Gasteiger partial charge in [0.25, 0.3) is 0 Å². The number of nitrogens with zero attached hydrogens (tertiary/aromatic N) is 2. The summed E-state index contributed by atoms with van der Waals surface area (Å²) in [7, 11) is 0. The van der Waals surface area contributed by atoms with E-state index in [0.29, 0.717) is 13.0 Å². The number of hydrogen-bond acceptors (Lipinski definition) is 3. The molecular weight excluding hydrogens is 276 g/mol. The molecule has 0 N–H and O–H groups in total. The van der Waals surface area contributed by atoms with Crippen LogP contribution in [-0.4, -0.2) is 22.1 Å². The summed E-state index contributed by atoms with van der Waals surface area (Å²) in [4.78, 5) is 16.6. The Bertz CT molecular complexity index is 778. The average Bonchev–Trinajstić information content (AvgIpc) is 2.86. The van der Waals surface area contributed by atoms with Crippen LogP contribution in [0, 0.1) is 0 Å². The number of imidazole rings is 1. The van der Waals surface area contributed by atoms with E-state index in [9.17, 15) is 4.79 Å². The Hall–Kier alpha value is -2.62. The van der Waals surface area contributed by atoms with Crippen LogP contribution in [0.1, 0.15) is 18.3 Å². The normalized spacial score (nSPS) is 10.8. The zero-order valence-corrected chi connectivity index (χ0v) is 12.5. The van der Waals surface area contributed by atoms with Gasteiger partial charge in [0.2, 0.25) is 0 Å². The van der Waals surface area contributed by atoms with Gasteiger partial charge in [0, 0.05) is 6.42 Å². The van der Waals surface area contributed by atoms with E-state index in [0.717, 1.165) is 16.9 Å². The fourth-order valence-corrected chi connectivity index (χ4v) is 2.55. The highest BCUT2D eigenvalue weighted by molar-refractivity contribution is 5.79. The molecule has 0 fully saturated rings. The molecule has 0 bridgehead atoms. The minimum absolute atomic E-state index is 0.191. The van der Waals surface area contributed by atoms with Crippen molar-refractivity contribution in [2.45, 2.75) is 19.9 Å². The second-order valence-corrected chi connectivity index (χ2v) is 5.07. The number of benzene rings is 2. The van der Waals surface area contributed by atoms with E-state index in [-0.39, 0.29) is 12.5 Å². The molecule has 112 valence electrons. The van der Waals surface area contributed by atoms with Gasteiger partial charge < -0.3 is 9.30 Å². The summed E-state index contributed by atoms with van der Waals surface area (Å²) >= 11 is 0. The number of para-hydroxylation sites is 2. The zero-order valence-electron chi connectivity index (χ0n) is 12.5. The molecule has 0 radical (unpaired) electrons. The number of fused-ring (bicyclic) bond motifs is 1. The summed E-state index contributed by atoms with van der Waals surface area (Å²) in [5.41, 5.74) is 3.03. The van der Waals surface area contributed by atoms with Crippen LogP contribution in [0.25, 0.3) is 11.0 Å². The Labute approximate surface area is 129 Å². The van der Waals surface area contributed by atoms with Gasteiger partial charge >= 0.3 is 5.97 Å². The molecule has 0 saturated carbocycles. The number of rotatable bonds is 5. The molecule has 3 rings (SSSR count). The molecule has 0 aliphatic rings. The predicted molar refractivity (Wildman–Crippen MR) is 85.6 cm³/mol. The van der Waals surface area contributed by atoms with Gasteiger partial charge in [-0.1, -0.05) is 42.5 Å². The maximum Gasteiger partial charge on any atom is 0.326 e. The molecule has 4 heteroatoms. The number of carbonyl (C=O) groups is 1. The molecule has 0 atom stereocenters. The summed E-state index contributed by atoms with van der Waals surface area (Å²) in [6.07, 6.45) is 0.689. The SMILES string of the molecule is CCOC(=O)Cn1c(Cc2ccccc2)nc2ccccc21. The standard InChI is InChI=1S/C18H18N2O2/c1-2-22-18(21)13-20-16-11-7-6-10-15(16)19-17(20)12-14-8-4-3-5-9-14/h3-11H,2,12-13H2,1H3. The van der Waals surface area contributed by atoms with Crippen molar-refractivity contribution in [1.29, 1.82) is 0 Å². The second-order valence-electron chi connectivity index (χ2n) is 5.07. The highest BCUT2D eigenvalue weighted by atomic mass is 16.5. The van der Waals surface area contributed by atoms with Crippen molar-refractivity contribution >= 4 is 17.0 Å². The molecule has 0 aliphatic carbocycles. The van der Waals surface area contributed by atoms with Crippen molar-refractivity contribution in [3.63, 3.8) is 0 Å². The summed E-state index contributed by atoms with van der Waals surface area (Å²) < 4.78 is 7.03. The molecule has 22 heavy (non-hydrogen) atoms. The first kappa shape index (κ1) is 14.3. The highest BCUT2D eigenvalue weighted by Gasteiger charge is 2.14. The Morgan fingerprint density at radius 2 is 1.82 bits per heavy atom. The Kier molecular flexibility index (Phi) is 4.19. The van der Waals surface area contributed by atoms with Crippen LogP contribution in [0.2, 0.25) is 0 Å². The first-order chi connectivity index (χ1) is 10.8. The molecule has 0 spiro atoms. The molecule has 0 aliphatic heterocycles. The molecule has 4 nitrogen and oxygen atoms in total. The number of hydrogen-bond donors (Lipinski definition) is 0. The van der Waals surface area contributed by atoms with Gasteiger partial charge in [-0.25, -0.2) is 4.98 Å². The van der Waals surface area contributed by atoms with E-state index in [4.69, 9.17) is 4.74 Å². The second kappa shape index (κ2) is 6.43. The summed E-state index contributed by atoms with van der Waals surface area (Å²) in [6.45, 7) is 2.39. The van der Waals surface area contributed by atoms with Gasteiger partial charge in [-0.15, -0.1) is 0 Å². The van der Waals surface area contributed by atoms with Crippen molar-refractivity contribution in [2.75, 3.05) is 6.61 Å². The molecule has 3 aromatic rings. The molecule has 2 aromatic carbocycles. The Balaban J connectivity index is 1.99. The summed E-state index contributed by atoms with van der Waals surface area (Å²) in [6, 6.07) is 18.0. The molecule has 0 amide bonds. The van der Waals surface area contributed by atoms with E-state index in [1.807, 2.05) is 54.0 Å². The lowest BCUT2D eigenvalue weighted by Crippen LogP contribution is -2.15. The average molecular weight is 294 g/mol. The molecule has 1 heterocycles. The van der Waals surface area contributed by atoms with Gasteiger partial charge in [-0.05, 0) is 24.6 Å². The summed E-state index contributed by atoms with van der Waals surface area (Å²) in [5.74, 6) is 0.639. The third kappa shape index (κ3) is 3.01. The summed E-state index contributed by atoms with van der Waals surface area (Å²) in [5, 5.41) is 0. The van der Waals surface area contributed by atoms with Crippen LogP contribution < -0.4 is 0 Å². The first-order valence-electron chi connectivity index (χ1n) is 7.41. The van der Waals surface area contributed by atoms with Crippen molar-refractivity contribution in [1.82, 2.24) is 9.55 Å². The number of carbonyl (C=O) groups excluding carboxylic acids is 1. The third-order valence-electron chi connectivity index (χ3n) is 3.53. The zero-order chi connectivity index (χ0) is 15.4. The predicted octanol–water partition coefficient (Wildman–Crippen LogP) is 3.19. The quantitative estimate of drug-likeness (QED) is 0.679. The van der Waals surface area contributed by atoms with Crippen LogP contribution in [0.3, 0.4) is 0 Å². The maximum atomic E-state index is 11.9. The van der Waals surface area contributed by atoms with Crippen molar-refractivity contribution in [2.24, 2.45) is 0 Å². The molecule has 0 unspecified atom stereocenters. The van der Waals surface area contributed by atoms with Crippen LogP contribution in [0.15, 0.2) is 54.6 Å². The highest BCUT2D eigenvalue weighted by Crippen LogP contribution is 2.18. The monoisotopic (exact) mass is 294 g/mol. The van der Waals surface area contributed by atoms with Crippen LogP contribution in [-0.2, 0) is 22.5 Å². The van der Waals surface area contributed by atoms with E-state index < -0.39 is 0 Å². The molecule has 1 aromatic heterocycles. The van der Waals surface area contributed by atoms with Crippen LogP contribution in [0.4, 0.5) is 0 Å². The largest absolute Gasteiger partial charge is 0.465 e. The molecular formula is C18H18N2O2. The van der Waals surface area contributed by atoms with Crippen LogP contribution in [0.5, 0.6) is 0 Å². The Morgan fingerprint density at radius 1 is 1.09 bits per heavy atom. The van der Waals surface area contributed by atoms with Gasteiger partial charge in [0.05, 0.1) is 17.6 Å². The van der Waals surface area contributed by atoms with Crippen molar-refractivity contribution < 1.29 is 9.53 Å².